The quantitative estimate of drug-likeness (QED) is 0.265. The second-order valence-corrected chi connectivity index (χ2v) is 14.5. The Bertz CT molecular complexity index is 409. The molecule has 0 unspecified atom stereocenters. The van der Waals surface area contributed by atoms with Crippen LogP contribution in [0.25, 0.3) is 0 Å². The molecule has 2 saturated carbocycles. The molecule has 0 amide bonds. The van der Waals surface area contributed by atoms with E-state index in [1.54, 1.807) is 35.5 Å². The van der Waals surface area contributed by atoms with Gasteiger partial charge in [0.2, 0.25) is 0 Å². The predicted molar refractivity (Wildman–Crippen MR) is 137 cm³/mol. The predicted octanol–water partition coefficient (Wildman–Crippen LogP) is 3.99. The highest BCUT2D eigenvalue weighted by Crippen LogP contribution is 2.19. The van der Waals surface area contributed by atoms with Crippen LogP contribution in [0, 0.1) is 0 Å². The summed E-state index contributed by atoms with van der Waals surface area (Å²) < 4.78 is 26.7. The Morgan fingerprint density at radius 1 is 0.656 bits per heavy atom. The van der Waals surface area contributed by atoms with Crippen LogP contribution in [0.3, 0.4) is 0 Å². The first-order chi connectivity index (χ1) is 15.6. The molecule has 0 aromatic heterocycles. The van der Waals surface area contributed by atoms with Crippen molar-refractivity contribution < 1.29 is 22.1 Å². The molecule has 0 saturated heterocycles. The summed E-state index contributed by atoms with van der Waals surface area (Å²) >= 11 is 0. The normalized spacial score (nSPS) is 18.6. The molecule has 0 atom stereocenters. The van der Waals surface area contributed by atoms with Gasteiger partial charge in [-0.1, -0.05) is 38.5 Å². The molecular weight excluding hydrogens is 440 g/mol. The first-order valence-corrected chi connectivity index (χ1v) is 16.5. The Labute approximate surface area is 200 Å². The van der Waals surface area contributed by atoms with Crippen LogP contribution in [0.5, 0.6) is 0 Å². The first-order valence-electron chi connectivity index (χ1n) is 12.8. The number of hydrogen-bond acceptors (Lipinski definition) is 7. The molecule has 2 fully saturated rings. The zero-order chi connectivity index (χ0) is 23.5. The average molecular weight is 493 g/mol. The molecule has 2 aliphatic carbocycles. The lowest BCUT2D eigenvalue weighted by Gasteiger charge is -2.26. The lowest BCUT2D eigenvalue weighted by Crippen LogP contribution is -2.43. The Hall–Kier alpha value is 0.154. The van der Waals surface area contributed by atoms with E-state index in [2.05, 4.69) is 10.6 Å². The lowest BCUT2D eigenvalue weighted by molar-refractivity contribution is 0.123. The van der Waals surface area contributed by atoms with Gasteiger partial charge in [0.25, 0.3) is 0 Å². The van der Waals surface area contributed by atoms with E-state index in [9.17, 15) is 0 Å². The number of hydrogen-bond donors (Lipinski definition) is 2. The zero-order valence-corrected chi connectivity index (χ0v) is 23.7. The highest BCUT2D eigenvalue weighted by Gasteiger charge is 2.36. The van der Waals surface area contributed by atoms with Crippen molar-refractivity contribution in [2.75, 3.05) is 48.6 Å². The van der Waals surface area contributed by atoms with Gasteiger partial charge in [-0.3, -0.25) is 0 Å². The van der Waals surface area contributed by atoms with Gasteiger partial charge in [-0.05, 0) is 57.7 Å². The molecule has 2 N–H and O–H groups in total. The smallest absolute Gasteiger partial charge is 0.400 e. The summed E-state index contributed by atoms with van der Waals surface area (Å²) in [5, 5.41) is 7.26. The van der Waals surface area contributed by atoms with Crippen LogP contribution in [0.4, 0.5) is 0 Å². The zero-order valence-electron chi connectivity index (χ0n) is 21.6. The number of nitrogens with one attached hydrogen (secondary N) is 2. The fraction of sp³-hybridized carbons (Fsp3) is 1.00. The highest BCUT2D eigenvalue weighted by molar-refractivity contribution is 6.60. The molecule has 0 spiro atoms. The third kappa shape index (κ3) is 13.1. The summed E-state index contributed by atoms with van der Waals surface area (Å²) in [4.78, 5) is 0. The van der Waals surface area contributed by atoms with Gasteiger partial charge >= 0.3 is 18.1 Å². The van der Waals surface area contributed by atoms with E-state index in [-0.39, 0.29) is 0 Å². The molecule has 2 rings (SSSR count). The summed E-state index contributed by atoms with van der Waals surface area (Å²) in [5.41, 5.74) is 0. The van der Waals surface area contributed by atoms with Crippen molar-refractivity contribution in [2.24, 2.45) is 0 Å². The summed E-state index contributed by atoms with van der Waals surface area (Å²) in [5.74, 6) is 0. The molecule has 9 heteroatoms. The van der Waals surface area contributed by atoms with Crippen LogP contribution in [0.2, 0.25) is 12.1 Å². The van der Waals surface area contributed by atoms with E-state index >= 15 is 0 Å². The Morgan fingerprint density at radius 2 is 1.09 bits per heavy atom. The molecule has 7 nitrogen and oxygen atoms in total. The monoisotopic (exact) mass is 492 g/mol. The van der Waals surface area contributed by atoms with Gasteiger partial charge in [-0.2, -0.15) is 0 Å². The summed E-state index contributed by atoms with van der Waals surface area (Å²) in [6.07, 6.45) is 16.1. The Balaban J connectivity index is 0.000000323. The third-order valence-corrected chi connectivity index (χ3v) is 11.6. The van der Waals surface area contributed by atoms with Crippen LogP contribution in [0.15, 0.2) is 0 Å². The Kier molecular flexibility index (Phi) is 18.4. The molecule has 192 valence electrons. The molecule has 0 aromatic carbocycles. The number of rotatable bonds is 15. The van der Waals surface area contributed by atoms with Crippen LogP contribution >= 0.6 is 0 Å². The van der Waals surface area contributed by atoms with E-state index in [0.717, 1.165) is 43.7 Å². The van der Waals surface area contributed by atoms with Crippen molar-refractivity contribution in [1.82, 2.24) is 10.6 Å². The fourth-order valence-corrected chi connectivity index (χ4v) is 7.61. The van der Waals surface area contributed by atoms with Crippen LogP contribution < -0.4 is 10.6 Å². The molecular formula is C23H52N2O5Si2. The van der Waals surface area contributed by atoms with Gasteiger partial charge in [0, 0.05) is 53.7 Å². The molecule has 2 aliphatic rings. The van der Waals surface area contributed by atoms with Crippen molar-refractivity contribution in [1.29, 1.82) is 0 Å². The van der Waals surface area contributed by atoms with E-state index in [1.165, 1.54) is 70.6 Å². The van der Waals surface area contributed by atoms with Crippen molar-refractivity contribution in [2.45, 2.75) is 101 Å². The van der Waals surface area contributed by atoms with Gasteiger partial charge in [-0.25, -0.2) is 0 Å². The van der Waals surface area contributed by atoms with Crippen molar-refractivity contribution >= 4 is 18.1 Å². The average Bonchev–Trinajstić information content (AvgIpc) is 2.86. The summed E-state index contributed by atoms with van der Waals surface area (Å²) in [7, 11) is 4.89. The third-order valence-electron chi connectivity index (χ3n) is 6.81. The second-order valence-electron chi connectivity index (χ2n) is 9.02. The molecule has 0 heterocycles. The molecule has 0 radical (unpaired) electrons. The minimum Gasteiger partial charge on any atom is -0.400 e. The second kappa shape index (κ2) is 19.5. The van der Waals surface area contributed by atoms with Crippen LogP contribution in [-0.4, -0.2) is 78.8 Å². The van der Waals surface area contributed by atoms with Crippen molar-refractivity contribution in [3.63, 3.8) is 0 Å². The maximum absolute atomic E-state index is 5.39. The Morgan fingerprint density at radius 3 is 1.50 bits per heavy atom. The first kappa shape index (κ1) is 30.2. The minimum absolute atomic E-state index is 0.729. The van der Waals surface area contributed by atoms with Gasteiger partial charge in [0.15, 0.2) is 0 Å². The summed E-state index contributed by atoms with van der Waals surface area (Å²) in [6.45, 7) is 2.16. The van der Waals surface area contributed by atoms with E-state index < -0.39 is 18.1 Å². The highest BCUT2D eigenvalue weighted by atomic mass is 28.4. The van der Waals surface area contributed by atoms with Crippen molar-refractivity contribution in [3.8, 4) is 0 Å². The SMILES string of the molecule is CO[SiH](CCCNC1CCCCC1)OC.CO[Si](CCCNC1CCCCC1)(OC)OC. The van der Waals surface area contributed by atoms with Gasteiger partial charge < -0.3 is 32.8 Å². The maximum Gasteiger partial charge on any atom is 0.500 e. The van der Waals surface area contributed by atoms with E-state index in [0.29, 0.717) is 0 Å². The largest absolute Gasteiger partial charge is 0.500 e. The standard InChI is InChI=1S/C12H27NO3Si.C11H25NO2Si/c1-14-17(15-2,16-3)11-7-10-13-12-8-5-4-6-9-12;1-13-15(14-2)10-6-9-12-11-7-4-3-5-8-11/h12-13H,4-11H2,1-3H3;11-12,15H,3-10H2,1-2H3. The maximum atomic E-state index is 5.39. The lowest BCUT2D eigenvalue weighted by atomic mass is 9.95. The molecule has 0 aliphatic heterocycles. The molecule has 0 bridgehead atoms. The van der Waals surface area contributed by atoms with Gasteiger partial charge in [0.05, 0.1) is 0 Å². The van der Waals surface area contributed by atoms with Gasteiger partial charge in [-0.15, -0.1) is 0 Å². The topological polar surface area (TPSA) is 70.2 Å². The molecule has 0 aromatic rings. The van der Waals surface area contributed by atoms with Crippen molar-refractivity contribution in [3.05, 3.63) is 0 Å². The summed E-state index contributed by atoms with van der Waals surface area (Å²) in [6, 6.07) is 3.51. The fourth-order valence-electron chi connectivity index (χ4n) is 4.69. The van der Waals surface area contributed by atoms with E-state index in [1.807, 2.05) is 0 Å². The minimum atomic E-state index is -2.34. The van der Waals surface area contributed by atoms with Gasteiger partial charge in [0.1, 0.15) is 0 Å². The molecule has 32 heavy (non-hydrogen) atoms. The van der Waals surface area contributed by atoms with E-state index in [4.69, 9.17) is 22.1 Å². The van der Waals surface area contributed by atoms with Crippen LogP contribution in [0.1, 0.15) is 77.0 Å². The van der Waals surface area contributed by atoms with Crippen LogP contribution in [-0.2, 0) is 22.1 Å².